The molecule has 5 aliphatic rings. The van der Waals surface area contributed by atoms with Gasteiger partial charge in [-0.25, -0.2) is 0 Å². The average molecular weight is 341 g/mol. The smallest absolute Gasteiger partial charge is 0.157 e. The summed E-state index contributed by atoms with van der Waals surface area (Å²) in [5.74, 6) is 4.59. The summed E-state index contributed by atoms with van der Waals surface area (Å²) in [4.78, 5) is 10.6. The molecule has 2 nitrogen and oxygen atoms in total. The lowest BCUT2D eigenvalue weighted by Gasteiger charge is -2.59. The summed E-state index contributed by atoms with van der Waals surface area (Å²) in [5, 5.41) is 0. The van der Waals surface area contributed by atoms with Crippen molar-refractivity contribution in [3.63, 3.8) is 0 Å². The summed E-state index contributed by atoms with van der Waals surface area (Å²) in [5.41, 5.74) is 2.89. The van der Waals surface area contributed by atoms with Gasteiger partial charge in [-0.3, -0.25) is 4.79 Å². The van der Waals surface area contributed by atoms with Gasteiger partial charge in [0.2, 0.25) is 0 Å². The van der Waals surface area contributed by atoms with Crippen LogP contribution in [0.5, 0.6) is 0 Å². The van der Waals surface area contributed by atoms with E-state index in [-0.39, 0.29) is 6.61 Å². The Balaban J connectivity index is 1.39. The van der Waals surface area contributed by atoms with Gasteiger partial charge in [-0.05, 0) is 97.5 Å². The Kier molecular flexibility index (Phi) is 3.70. The first-order valence-corrected chi connectivity index (χ1v) is 10.6. The lowest BCUT2D eigenvalue weighted by Crippen LogP contribution is -2.51. The molecule has 0 saturated heterocycles. The van der Waals surface area contributed by atoms with Crippen molar-refractivity contribution in [1.82, 2.24) is 0 Å². The normalized spacial score (nSPS) is 43.9. The molecule has 0 heterocycles. The van der Waals surface area contributed by atoms with E-state index in [2.05, 4.69) is 19.1 Å². The van der Waals surface area contributed by atoms with Gasteiger partial charge in [0.25, 0.3) is 0 Å². The van der Waals surface area contributed by atoms with E-state index >= 15 is 0 Å². The van der Waals surface area contributed by atoms with Crippen LogP contribution in [0.4, 0.5) is 0 Å². The standard InChI is InChI=1S/C23H32O2/c1-22-11-7-19-18-6-4-17(25-14-13-24)15-16(18)3-5-20(19)21(22)8-12-23(22)9-2-10-23/h3,13,15,18-21H,2,4-12,14H2,1H3/t18-,19+,20+,21-,22-/m0/s1. The second kappa shape index (κ2) is 5.72. The summed E-state index contributed by atoms with van der Waals surface area (Å²) in [6, 6.07) is 0. The molecule has 0 radical (unpaired) electrons. The van der Waals surface area contributed by atoms with Crippen LogP contribution < -0.4 is 0 Å². The maximum Gasteiger partial charge on any atom is 0.157 e. The van der Waals surface area contributed by atoms with Crippen LogP contribution in [0, 0.1) is 34.5 Å². The van der Waals surface area contributed by atoms with E-state index in [1.165, 1.54) is 63.4 Å². The Bertz CT molecular complexity index is 626. The van der Waals surface area contributed by atoms with Crippen molar-refractivity contribution in [2.45, 2.75) is 71.1 Å². The molecule has 0 aliphatic heterocycles. The fraction of sp³-hybridized carbons (Fsp3) is 0.783. The number of ether oxygens (including phenoxy) is 1. The van der Waals surface area contributed by atoms with Crippen LogP contribution in [0.2, 0.25) is 0 Å². The van der Waals surface area contributed by atoms with Gasteiger partial charge in [0.05, 0.1) is 5.76 Å². The third-order valence-electron chi connectivity index (χ3n) is 9.28. The minimum atomic E-state index is 0.207. The summed E-state index contributed by atoms with van der Waals surface area (Å²) < 4.78 is 5.60. The Morgan fingerprint density at radius 1 is 1.16 bits per heavy atom. The van der Waals surface area contributed by atoms with Crippen LogP contribution in [0.15, 0.2) is 23.5 Å². The Labute approximate surface area is 152 Å². The fourth-order valence-corrected chi connectivity index (χ4v) is 7.84. The van der Waals surface area contributed by atoms with E-state index in [0.29, 0.717) is 5.41 Å². The Hall–Kier alpha value is -1.05. The number of aldehydes is 1. The van der Waals surface area contributed by atoms with E-state index in [1.807, 2.05) is 0 Å². The second-order valence-corrected chi connectivity index (χ2v) is 9.74. The summed E-state index contributed by atoms with van der Waals surface area (Å²) in [7, 11) is 0. The van der Waals surface area contributed by atoms with Gasteiger partial charge >= 0.3 is 0 Å². The largest absolute Gasteiger partial charge is 0.490 e. The first kappa shape index (κ1) is 16.1. The van der Waals surface area contributed by atoms with Crippen molar-refractivity contribution >= 4 is 6.29 Å². The molecule has 0 bridgehead atoms. The molecule has 0 aromatic carbocycles. The van der Waals surface area contributed by atoms with Crippen LogP contribution in [-0.4, -0.2) is 12.9 Å². The molecule has 2 heteroatoms. The zero-order chi connectivity index (χ0) is 17.1. The van der Waals surface area contributed by atoms with Gasteiger partial charge in [0.1, 0.15) is 6.61 Å². The molecule has 0 aromatic rings. The van der Waals surface area contributed by atoms with Crippen LogP contribution >= 0.6 is 0 Å². The molecule has 1 spiro atoms. The number of allylic oxidation sites excluding steroid dienone is 4. The number of hydrogen-bond acceptors (Lipinski definition) is 2. The Morgan fingerprint density at radius 3 is 2.80 bits per heavy atom. The van der Waals surface area contributed by atoms with Crippen molar-refractivity contribution in [1.29, 1.82) is 0 Å². The SMILES string of the molecule is C[C@]12CC[C@H]3[C@@H](CC=C4C=C(OCC=O)CC[C@@H]43)[C@@H]1CCC21CCC1. The first-order valence-electron chi connectivity index (χ1n) is 10.6. The summed E-state index contributed by atoms with van der Waals surface area (Å²) in [6.45, 7) is 2.88. The molecule has 3 fully saturated rings. The van der Waals surface area contributed by atoms with Crippen LogP contribution in [0.25, 0.3) is 0 Å². The van der Waals surface area contributed by atoms with Gasteiger partial charge in [0.15, 0.2) is 6.29 Å². The monoisotopic (exact) mass is 340 g/mol. The third-order valence-corrected chi connectivity index (χ3v) is 9.28. The van der Waals surface area contributed by atoms with Crippen molar-refractivity contribution in [3.8, 4) is 0 Å². The molecule has 5 atom stereocenters. The van der Waals surface area contributed by atoms with E-state index in [1.54, 1.807) is 0 Å². The number of hydrogen-bond donors (Lipinski definition) is 0. The average Bonchev–Trinajstić information content (AvgIpc) is 2.92. The van der Waals surface area contributed by atoms with E-state index in [9.17, 15) is 4.79 Å². The van der Waals surface area contributed by atoms with Gasteiger partial charge in [-0.1, -0.05) is 19.4 Å². The van der Waals surface area contributed by atoms with Crippen LogP contribution in [0.3, 0.4) is 0 Å². The summed E-state index contributed by atoms with van der Waals surface area (Å²) >= 11 is 0. The number of carbonyl (C=O) groups is 1. The Morgan fingerprint density at radius 2 is 2.04 bits per heavy atom. The molecular formula is C23H32O2. The maximum absolute atomic E-state index is 10.6. The zero-order valence-electron chi connectivity index (χ0n) is 15.6. The molecule has 5 rings (SSSR count). The highest BCUT2D eigenvalue weighted by molar-refractivity contribution is 5.51. The van der Waals surface area contributed by atoms with E-state index in [0.717, 1.165) is 47.6 Å². The molecule has 5 aliphatic carbocycles. The molecule has 0 amide bonds. The molecular weight excluding hydrogens is 308 g/mol. The molecule has 0 N–H and O–H groups in total. The van der Waals surface area contributed by atoms with E-state index < -0.39 is 0 Å². The topological polar surface area (TPSA) is 26.3 Å². The van der Waals surface area contributed by atoms with Crippen molar-refractivity contribution in [2.24, 2.45) is 34.5 Å². The van der Waals surface area contributed by atoms with Crippen LogP contribution in [-0.2, 0) is 9.53 Å². The minimum absolute atomic E-state index is 0.207. The van der Waals surface area contributed by atoms with Crippen molar-refractivity contribution in [3.05, 3.63) is 23.5 Å². The number of carbonyl (C=O) groups excluding carboxylic acids is 1. The lowest BCUT2D eigenvalue weighted by atomic mass is 9.45. The maximum atomic E-state index is 10.6. The molecule has 136 valence electrons. The summed E-state index contributed by atoms with van der Waals surface area (Å²) in [6.07, 6.45) is 19.6. The highest BCUT2D eigenvalue weighted by atomic mass is 16.5. The highest BCUT2D eigenvalue weighted by Gasteiger charge is 2.63. The number of rotatable bonds is 3. The first-order chi connectivity index (χ1) is 12.2. The zero-order valence-corrected chi connectivity index (χ0v) is 15.6. The van der Waals surface area contributed by atoms with Crippen molar-refractivity contribution in [2.75, 3.05) is 6.61 Å². The quantitative estimate of drug-likeness (QED) is 0.640. The van der Waals surface area contributed by atoms with Gasteiger partial charge in [-0.2, -0.15) is 0 Å². The molecule has 0 unspecified atom stereocenters. The fourth-order valence-electron chi connectivity index (χ4n) is 7.84. The van der Waals surface area contributed by atoms with Gasteiger partial charge in [-0.15, -0.1) is 0 Å². The lowest BCUT2D eigenvalue weighted by molar-refractivity contribution is -0.110. The van der Waals surface area contributed by atoms with Crippen LogP contribution in [0.1, 0.15) is 71.1 Å². The highest BCUT2D eigenvalue weighted by Crippen LogP contribution is 2.72. The molecule has 3 saturated carbocycles. The molecule has 0 aromatic heterocycles. The predicted octanol–water partition coefficient (Wildman–Crippen LogP) is 5.44. The van der Waals surface area contributed by atoms with Gasteiger partial charge in [0, 0.05) is 6.42 Å². The second-order valence-electron chi connectivity index (χ2n) is 9.74. The van der Waals surface area contributed by atoms with E-state index in [4.69, 9.17) is 4.74 Å². The van der Waals surface area contributed by atoms with Gasteiger partial charge < -0.3 is 4.74 Å². The van der Waals surface area contributed by atoms with Crippen molar-refractivity contribution < 1.29 is 9.53 Å². The number of fused-ring (bicyclic) bond motifs is 6. The molecule has 25 heavy (non-hydrogen) atoms. The minimum Gasteiger partial charge on any atom is -0.490 e. The third kappa shape index (κ3) is 2.18. The predicted molar refractivity (Wildman–Crippen MR) is 98.9 cm³/mol.